The highest BCUT2D eigenvalue weighted by Crippen LogP contribution is 2.51. The van der Waals surface area contributed by atoms with Gasteiger partial charge in [-0.05, 0) is 30.2 Å². The molecule has 1 heteroatoms. The highest BCUT2D eigenvalue weighted by Gasteiger charge is 2.41. The van der Waals surface area contributed by atoms with Crippen LogP contribution in [0.15, 0.2) is 18.2 Å². The molecule has 98 valence electrons. The Hall–Kier alpha value is -0.980. The zero-order valence-corrected chi connectivity index (χ0v) is 11.9. The van der Waals surface area contributed by atoms with Crippen molar-refractivity contribution in [2.24, 2.45) is 0 Å². The van der Waals surface area contributed by atoms with E-state index >= 15 is 0 Å². The van der Waals surface area contributed by atoms with Gasteiger partial charge in [0.25, 0.3) is 0 Å². The third kappa shape index (κ3) is 1.75. The highest BCUT2D eigenvalue weighted by molar-refractivity contribution is 5.50. The zero-order chi connectivity index (χ0) is 12.8. The molecule has 0 radical (unpaired) electrons. The third-order valence-electron chi connectivity index (χ3n) is 4.78. The Morgan fingerprint density at radius 2 is 1.78 bits per heavy atom. The molecule has 1 aromatic carbocycles. The van der Waals surface area contributed by atoms with Crippen LogP contribution in [-0.2, 0) is 10.8 Å². The van der Waals surface area contributed by atoms with E-state index < -0.39 is 0 Å². The molecule has 1 spiro atoms. The molecule has 1 aliphatic heterocycles. The van der Waals surface area contributed by atoms with Gasteiger partial charge in [0.15, 0.2) is 0 Å². The van der Waals surface area contributed by atoms with Crippen molar-refractivity contribution in [3.8, 4) is 5.75 Å². The molecule has 0 N–H and O–H groups in total. The molecule has 1 aliphatic carbocycles. The Bertz CT molecular complexity index is 447. The van der Waals surface area contributed by atoms with Gasteiger partial charge in [0.1, 0.15) is 5.75 Å². The summed E-state index contributed by atoms with van der Waals surface area (Å²) in [6.07, 6.45) is 6.71. The van der Waals surface area contributed by atoms with Gasteiger partial charge in [0, 0.05) is 11.0 Å². The van der Waals surface area contributed by atoms with Crippen LogP contribution in [0.2, 0.25) is 0 Å². The first-order chi connectivity index (χ1) is 8.53. The van der Waals surface area contributed by atoms with Gasteiger partial charge in [-0.3, -0.25) is 0 Å². The number of ether oxygens (including phenoxy) is 1. The topological polar surface area (TPSA) is 9.23 Å². The predicted octanol–water partition coefficient (Wildman–Crippen LogP) is 4.58. The van der Waals surface area contributed by atoms with Gasteiger partial charge in [-0.15, -0.1) is 0 Å². The number of fused-ring (bicyclic) bond motifs is 2. The van der Waals surface area contributed by atoms with Crippen LogP contribution in [0.1, 0.15) is 64.0 Å². The quantitative estimate of drug-likeness (QED) is 0.649. The van der Waals surface area contributed by atoms with Crippen molar-refractivity contribution in [2.45, 2.75) is 63.7 Å². The maximum absolute atomic E-state index is 6.07. The monoisotopic (exact) mass is 244 g/mol. The number of hydrogen-bond acceptors (Lipinski definition) is 1. The third-order valence-corrected chi connectivity index (χ3v) is 4.78. The molecule has 0 saturated heterocycles. The molecule has 0 bridgehead atoms. The fourth-order valence-electron chi connectivity index (χ4n) is 3.75. The van der Waals surface area contributed by atoms with Gasteiger partial charge < -0.3 is 4.74 Å². The fraction of sp³-hybridized carbons (Fsp3) is 0.647. The van der Waals surface area contributed by atoms with Crippen molar-refractivity contribution < 1.29 is 4.74 Å². The maximum Gasteiger partial charge on any atom is 0.126 e. The van der Waals surface area contributed by atoms with Crippen LogP contribution in [-0.4, -0.2) is 6.61 Å². The standard InChI is InChI=1S/C17H24O/c1-16(2,3)13-7-6-8-14-15(13)18-12-11-17(14)9-4-5-10-17/h6-8H,4-5,9-12H2,1-3H3. The zero-order valence-electron chi connectivity index (χ0n) is 11.9. The molecule has 1 heterocycles. The van der Waals surface area contributed by atoms with Crippen LogP contribution < -0.4 is 4.74 Å². The van der Waals surface area contributed by atoms with Crippen molar-refractivity contribution in [1.29, 1.82) is 0 Å². The molecule has 1 nitrogen and oxygen atoms in total. The summed E-state index contributed by atoms with van der Waals surface area (Å²) in [5, 5.41) is 0. The predicted molar refractivity (Wildman–Crippen MR) is 75.4 cm³/mol. The van der Waals surface area contributed by atoms with E-state index in [1.54, 1.807) is 0 Å². The van der Waals surface area contributed by atoms with E-state index in [9.17, 15) is 0 Å². The minimum atomic E-state index is 0.169. The molecule has 0 atom stereocenters. The van der Waals surface area contributed by atoms with E-state index in [4.69, 9.17) is 4.74 Å². The molecular weight excluding hydrogens is 220 g/mol. The Morgan fingerprint density at radius 3 is 2.44 bits per heavy atom. The molecule has 0 amide bonds. The second-order valence-electron chi connectivity index (χ2n) is 7.02. The van der Waals surface area contributed by atoms with Crippen molar-refractivity contribution >= 4 is 0 Å². The van der Waals surface area contributed by atoms with Crippen molar-refractivity contribution in [2.75, 3.05) is 6.61 Å². The Morgan fingerprint density at radius 1 is 1.06 bits per heavy atom. The lowest BCUT2D eigenvalue weighted by molar-refractivity contribution is 0.211. The SMILES string of the molecule is CC(C)(C)c1cccc2c1OCCC21CCCC1. The van der Waals surface area contributed by atoms with Crippen molar-refractivity contribution in [3.63, 3.8) is 0 Å². The molecule has 0 unspecified atom stereocenters. The second kappa shape index (κ2) is 4.01. The number of hydrogen-bond donors (Lipinski definition) is 0. The summed E-state index contributed by atoms with van der Waals surface area (Å²) in [6.45, 7) is 7.74. The molecule has 3 rings (SSSR count). The largest absolute Gasteiger partial charge is 0.493 e. The summed E-state index contributed by atoms with van der Waals surface area (Å²) in [7, 11) is 0. The highest BCUT2D eigenvalue weighted by atomic mass is 16.5. The van der Waals surface area contributed by atoms with Gasteiger partial charge in [-0.25, -0.2) is 0 Å². The smallest absolute Gasteiger partial charge is 0.126 e. The van der Waals surface area contributed by atoms with E-state index in [1.807, 2.05) is 0 Å². The first-order valence-corrected chi connectivity index (χ1v) is 7.30. The van der Waals surface area contributed by atoms with Crippen LogP contribution in [0.5, 0.6) is 5.75 Å². The van der Waals surface area contributed by atoms with Crippen LogP contribution in [0, 0.1) is 0 Å². The average molecular weight is 244 g/mol. The lowest BCUT2D eigenvalue weighted by atomic mass is 9.72. The summed E-state index contributed by atoms with van der Waals surface area (Å²) in [4.78, 5) is 0. The molecule has 1 fully saturated rings. The molecule has 2 aliphatic rings. The molecular formula is C17H24O. The lowest BCUT2D eigenvalue weighted by Crippen LogP contribution is -2.31. The second-order valence-corrected chi connectivity index (χ2v) is 7.02. The van der Waals surface area contributed by atoms with Gasteiger partial charge in [0.2, 0.25) is 0 Å². The lowest BCUT2D eigenvalue weighted by Gasteiger charge is -2.38. The van der Waals surface area contributed by atoms with Gasteiger partial charge in [-0.1, -0.05) is 51.8 Å². The summed E-state index contributed by atoms with van der Waals surface area (Å²) < 4.78 is 6.07. The minimum Gasteiger partial charge on any atom is -0.493 e. The number of para-hydroxylation sites is 1. The molecule has 1 saturated carbocycles. The van der Waals surface area contributed by atoms with E-state index in [-0.39, 0.29) is 5.41 Å². The first kappa shape index (κ1) is 12.1. The first-order valence-electron chi connectivity index (χ1n) is 7.30. The summed E-state index contributed by atoms with van der Waals surface area (Å²) in [5.74, 6) is 1.21. The van der Waals surface area contributed by atoms with Crippen LogP contribution >= 0.6 is 0 Å². The van der Waals surface area contributed by atoms with Crippen molar-refractivity contribution in [1.82, 2.24) is 0 Å². The van der Waals surface area contributed by atoms with E-state index in [0.717, 1.165) is 6.61 Å². The van der Waals surface area contributed by atoms with E-state index in [1.165, 1.54) is 49.0 Å². The summed E-state index contributed by atoms with van der Waals surface area (Å²) >= 11 is 0. The minimum absolute atomic E-state index is 0.169. The van der Waals surface area contributed by atoms with Crippen molar-refractivity contribution in [3.05, 3.63) is 29.3 Å². The Kier molecular flexibility index (Phi) is 2.69. The Balaban J connectivity index is 2.14. The number of benzene rings is 1. The van der Waals surface area contributed by atoms with Crippen LogP contribution in [0.4, 0.5) is 0 Å². The van der Waals surface area contributed by atoms with E-state index in [0.29, 0.717) is 5.41 Å². The van der Waals surface area contributed by atoms with E-state index in [2.05, 4.69) is 39.0 Å². The molecule has 1 aromatic rings. The molecule has 18 heavy (non-hydrogen) atoms. The van der Waals surface area contributed by atoms with Crippen LogP contribution in [0.3, 0.4) is 0 Å². The normalized spacial score (nSPS) is 21.7. The van der Waals surface area contributed by atoms with Gasteiger partial charge >= 0.3 is 0 Å². The Labute approximate surface area is 111 Å². The molecule has 0 aromatic heterocycles. The summed E-state index contributed by atoms with van der Waals surface area (Å²) in [6, 6.07) is 6.79. The number of rotatable bonds is 0. The average Bonchev–Trinajstić information content (AvgIpc) is 2.77. The van der Waals surface area contributed by atoms with Crippen LogP contribution in [0.25, 0.3) is 0 Å². The maximum atomic E-state index is 6.07. The fourth-order valence-corrected chi connectivity index (χ4v) is 3.75. The summed E-state index contributed by atoms with van der Waals surface area (Å²) in [5.41, 5.74) is 3.49. The van der Waals surface area contributed by atoms with Gasteiger partial charge in [-0.2, -0.15) is 0 Å². The van der Waals surface area contributed by atoms with Gasteiger partial charge in [0.05, 0.1) is 6.61 Å².